The number of hydrogen-bond acceptors (Lipinski definition) is 2. The third-order valence-corrected chi connectivity index (χ3v) is 3.25. The summed E-state index contributed by atoms with van der Waals surface area (Å²) in [7, 11) is 0. The van der Waals surface area contributed by atoms with Gasteiger partial charge in [0.25, 0.3) is 0 Å². The van der Waals surface area contributed by atoms with Gasteiger partial charge in [0.05, 0.1) is 0 Å². The normalized spacial score (nSPS) is 24.9. The van der Waals surface area contributed by atoms with E-state index in [1.807, 2.05) is 0 Å². The van der Waals surface area contributed by atoms with Gasteiger partial charge in [-0.1, -0.05) is 20.8 Å². The number of likely N-dealkylation sites (N-methyl/N-ethyl adjacent to an activating group) is 1. The molecule has 1 N–H and O–H groups in total. The van der Waals surface area contributed by atoms with Crippen LogP contribution in [0.25, 0.3) is 0 Å². The molecule has 0 amide bonds. The van der Waals surface area contributed by atoms with E-state index in [1.54, 1.807) is 0 Å². The fourth-order valence-electron chi connectivity index (χ4n) is 2.67. The Kier molecular flexibility index (Phi) is 4.90. The van der Waals surface area contributed by atoms with Gasteiger partial charge in [-0.15, -0.1) is 0 Å². The Balaban J connectivity index is 2.42. The second-order valence-corrected chi connectivity index (χ2v) is 4.96. The van der Waals surface area contributed by atoms with Crippen molar-refractivity contribution in [3.8, 4) is 0 Å². The van der Waals surface area contributed by atoms with Crippen LogP contribution in [0, 0.1) is 5.92 Å². The molecule has 0 aromatic rings. The van der Waals surface area contributed by atoms with Crippen LogP contribution in [0.15, 0.2) is 0 Å². The topological polar surface area (TPSA) is 15.3 Å². The second-order valence-electron chi connectivity index (χ2n) is 4.96. The highest BCUT2D eigenvalue weighted by Gasteiger charge is 2.24. The van der Waals surface area contributed by atoms with Crippen molar-refractivity contribution < 1.29 is 0 Å². The Morgan fingerprint density at radius 2 is 2.07 bits per heavy atom. The van der Waals surface area contributed by atoms with Crippen molar-refractivity contribution in [3.05, 3.63) is 0 Å². The Hall–Kier alpha value is -0.0800. The third kappa shape index (κ3) is 3.25. The molecule has 14 heavy (non-hydrogen) atoms. The van der Waals surface area contributed by atoms with Gasteiger partial charge in [-0.25, -0.2) is 0 Å². The number of hydrogen-bond donors (Lipinski definition) is 1. The van der Waals surface area contributed by atoms with Crippen molar-refractivity contribution in [2.45, 2.75) is 52.6 Å². The van der Waals surface area contributed by atoms with E-state index in [0.29, 0.717) is 0 Å². The monoisotopic (exact) mass is 198 g/mol. The van der Waals surface area contributed by atoms with Gasteiger partial charge in [-0.3, -0.25) is 4.90 Å². The zero-order chi connectivity index (χ0) is 10.6. The van der Waals surface area contributed by atoms with Crippen molar-refractivity contribution in [3.63, 3.8) is 0 Å². The molecule has 0 aliphatic carbocycles. The molecule has 84 valence electrons. The predicted molar refractivity (Wildman–Crippen MR) is 62.6 cm³/mol. The standard InChI is InChI=1S/C12H26N2/c1-5-14(11(4)8-10(2)3)12-6-7-13-9-12/h10-13H,5-9H2,1-4H3. The zero-order valence-corrected chi connectivity index (χ0v) is 10.2. The van der Waals surface area contributed by atoms with Crippen LogP contribution in [-0.2, 0) is 0 Å². The van der Waals surface area contributed by atoms with Crippen LogP contribution in [0.1, 0.15) is 40.5 Å². The van der Waals surface area contributed by atoms with E-state index in [2.05, 4.69) is 37.9 Å². The highest BCUT2D eigenvalue weighted by atomic mass is 15.2. The van der Waals surface area contributed by atoms with Crippen LogP contribution in [-0.4, -0.2) is 36.6 Å². The lowest BCUT2D eigenvalue weighted by atomic mass is 10.0. The van der Waals surface area contributed by atoms with E-state index in [0.717, 1.165) is 18.0 Å². The summed E-state index contributed by atoms with van der Waals surface area (Å²) in [5.41, 5.74) is 0. The van der Waals surface area contributed by atoms with Crippen LogP contribution in [0.2, 0.25) is 0 Å². The lowest BCUT2D eigenvalue weighted by Crippen LogP contribution is -2.43. The van der Waals surface area contributed by atoms with Crippen molar-refractivity contribution >= 4 is 0 Å². The summed E-state index contributed by atoms with van der Waals surface area (Å²) in [6.07, 6.45) is 2.65. The Bertz CT molecular complexity index is 150. The molecule has 2 atom stereocenters. The summed E-state index contributed by atoms with van der Waals surface area (Å²) >= 11 is 0. The highest BCUT2D eigenvalue weighted by molar-refractivity contribution is 4.83. The van der Waals surface area contributed by atoms with Gasteiger partial charge in [0.15, 0.2) is 0 Å². The quantitative estimate of drug-likeness (QED) is 0.728. The van der Waals surface area contributed by atoms with Gasteiger partial charge >= 0.3 is 0 Å². The van der Waals surface area contributed by atoms with E-state index in [9.17, 15) is 0 Å². The minimum Gasteiger partial charge on any atom is -0.315 e. The summed E-state index contributed by atoms with van der Waals surface area (Å²) in [6.45, 7) is 12.9. The maximum Gasteiger partial charge on any atom is 0.0235 e. The third-order valence-electron chi connectivity index (χ3n) is 3.25. The molecule has 2 heteroatoms. The molecule has 0 saturated carbocycles. The average molecular weight is 198 g/mol. The van der Waals surface area contributed by atoms with Gasteiger partial charge in [0.2, 0.25) is 0 Å². The molecule has 1 heterocycles. The molecular weight excluding hydrogens is 172 g/mol. The first-order valence-electron chi connectivity index (χ1n) is 6.11. The molecule has 1 aliphatic heterocycles. The zero-order valence-electron chi connectivity index (χ0n) is 10.2. The number of nitrogens with one attached hydrogen (secondary N) is 1. The van der Waals surface area contributed by atoms with Gasteiger partial charge in [-0.05, 0) is 38.8 Å². The Labute approximate surface area is 89.1 Å². The minimum atomic E-state index is 0.741. The van der Waals surface area contributed by atoms with E-state index < -0.39 is 0 Å². The first-order valence-corrected chi connectivity index (χ1v) is 6.11. The molecule has 0 aromatic carbocycles. The lowest BCUT2D eigenvalue weighted by molar-refractivity contribution is 0.144. The maximum absolute atomic E-state index is 3.45. The van der Waals surface area contributed by atoms with Crippen LogP contribution in [0.5, 0.6) is 0 Å². The largest absolute Gasteiger partial charge is 0.315 e. The van der Waals surface area contributed by atoms with Crippen molar-refractivity contribution in [1.29, 1.82) is 0 Å². The minimum absolute atomic E-state index is 0.741. The Morgan fingerprint density at radius 3 is 2.50 bits per heavy atom. The summed E-state index contributed by atoms with van der Waals surface area (Å²) in [4.78, 5) is 2.67. The van der Waals surface area contributed by atoms with Gasteiger partial charge in [0, 0.05) is 18.6 Å². The van der Waals surface area contributed by atoms with Crippen LogP contribution in [0.4, 0.5) is 0 Å². The number of nitrogens with zero attached hydrogens (tertiary/aromatic N) is 1. The van der Waals surface area contributed by atoms with E-state index in [4.69, 9.17) is 0 Å². The fourth-order valence-corrected chi connectivity index (χ4v) is 2.67. The average Bonchev–Trinajstić information content (AvgIpc) is 2.57. The van der Waals surface area contributed by atoms with Crippen LogP contribution in [0.3, 0.4) is 0 Å². The molecule has 1 fully saturated rings. The molecule has 0 bridgehead atoms. The van der Waals surface area contributed by atoms with E-state index in [-0.39, 0.29) is 0 Å². The summed E-state index contributed by atoms with van der Waals surface area (Å²) in [5.74, 6) is 0.813. The summed E-state index contributed by atoms with van der Waals surface area (Å²) in [6, 6.07) is 1.53. The lowest BCUT2D eigenvalue weighted by Gasteiger charge is -2.34. The second kappa shape index (κ2) is 5.72. The smallest absolute Gasteiger partial charge is 0.0235 e. The van der Waals surface area contributed by atoms with E-state index >= 15 is 0 Å². The molecule has 1 saturated heterocycles. The van der Waals surface area contributed by atoms with Gasteiger partial charge in [-0.2, -0.15) is 0 Å². The van der Waals surface area contributed by atoms with Crippen LogP contribution < -0.4 is 5.32 Å². The summed E-state index contributed by atoms with van der Waals surface area (Å²) in [5, 5.41) is 3.45. The van der Waals surface area contributed by atoms with Crippen molar-refractivity contribution in [2.75, 3.05) is 19.6 Å². The molecule has 2 nitrogen and oxygen atoms in total. The van der Waals surface area contributed by atoms with Crippen molar-refractivity contribution in [1.82, 2.24) is 10.2 Å². The van der Waals surface area contributed by atoms with Crippen LogP contribution >= 0.6 is 0 Å². The SMILES string of the molecule is CCN(C(C)CC(C)C)C1CCNC1. The highest BCUT2D eigenvalue weighted by Crippen LogP contribution is 2.17. The molecule has 2 unspecified atom stereocenters. The van der Waals surface area contributed by atoms with Crippen molar-refractivity contribution in [2.24, 2.45) is 5.92 Å². The Morgan fingerprint density at radius 1 is 1.36 bits per heavy atom. The predicted octanol–water partition coefficient (Wildman–Crippen LogP) is 2.10. The fraction of sp³-hybridized carbons (Fsp3) is 1.00. The molecule has 0 spiro atoms. The van der Waals surface area contributed by atoms with E-state index in [1.165, 1.54) is 32.5 Å². The molecule has 1 rings (SSSR count). The molecule has 0 radical (unpaired) electrons. The first kappa shape index (κ1) is 12.0. The van der Waals surface area contributed by atoms with Gasteiger partial charge in [0.1, 0.15) is 0 Å². The first-order chi connectivity index (χ1) is 6.65. The molecule has 1 aliphatic rings. The number of rotatable bonds is 5. The van der Waals surface area contributed by atoms with Gasteiger partial charge < -0.3 is 5.32 Å². The summed E-state index contributed by atoms with van der Waals surface area (Å²) < 4.78 is 0. The molecule has 0 aromatic heterocycles. The molecular formula is C12H26N2. The maximum atomic E-state index is 3.45.